The molecule has 54 heavy (non-hydrogen) atoms. The summed E-state index contributed by atoms with van der Waals surface area (Å²) < 4.78 is 36.9. The molecule has 0 radical (unpaired) electrons. The minimum atomic E-state index is -0.498. The Morgan fingerprint density at radius 1 is 0.463 bits per heavy atom. The first-order valence-corrected chi connectivity index (χ1v) is 19.7. The molecule has 4 aromatic carbocycles. The second-order valence-electron chi connectivity index (χ2n) is 14.9. The van der Waals surface area contributed by atoms with Crippen LogP contribution in [0.2, 0.25) is 0 Å². The summed E-state index contributed by atoms with van der Waals surface area (Å²) in [4.78, 5) is 10.2. The Morgan fingerprint density at radius 3 is 1.09 bits per heavy atom. The van der Waals surface area contributed by atoms with Gasteiger partial charge >= 0.3 is 0 Å². The molecule has 8 nitrogen and oxygen atoms in total. The summed E-state index contributed by atoms with van der Waals surface area (Å²) >= 11 is 0. The monoisotopic (exact) mass is 730 g/mol. The molecule has 4 aromatic rings. The van der Waals surface area contributed by atoms with Crippen LogP contribution in [-0.4, -0.2) is 51.4 Å². The zero-order valence-electron chi connectivity index (χ0n) is 32.2. The summed E-state index contributed by atoms with van der Waals surface area (Å²) in [6.07, 6.45) is 5.19. The lowest BCUT2D eigenvalue weighted by Gasteiger charge is -2.29. The van der Waals surface area contributed by atoms with Crippen LogP contribution >= 0.6 is 0 Å². The van der Waals surface area contributed by atoms with Gasteiger partial charge in [0.1, 0.15) is 53.7 Å². The molecule has 0 saturated carbocycles. The summed E-state index contributed by atoms with van der Waals surface area (Å²) in [6, 6.07) is 33.2. The van der Waals surface area contributed by atoms with Crippen molar-refractivity contribution in [3.8, 4) is 23.0 Å². The maximum absolute atomic E-state index is 6.32. The van der Waals surface area contributed by atoms with Crippen molar-refractivity contribution in [3.63, 3.8) is 0 Å². The molecule has 0 aliphatic carbocycles. The Morgan fingerprint density at radius 2 is 0.778 bits per heavy atom. The topological polar surface area (TPSA) is 80.1 Å². The third-order valence-corrected chi connectivity index (χ3v) is 11.2. The molecule has 7 aliphatic heterocycles. The van der Waals surface area contributed by atoms with Crippen LogP contribution in [0.1, 0.15) is 101 Å². The quantitative estimate of drug-likeness (QED) is 0.204. The zero-order chi connectivity index (χ0) is 37.4. The summed E-state index contributed by atoms with van der Waals surface area (Å²) in [7, 11) is 0. The second-order valence-corrected chi connectivity index (χ2v) is 14.9. The fraction of sp³-hybridized carbons (Fsp3) is 0.435. The van der Waals surface area contributed by atoms with Gasteiger partial charge in [0.2, 0.25) is 0 Å². The summed E-state index contributed by atoms with van der Waals surface area (Å²) in [6.45, 7) is 12.4. The van der Waals surface area contributed by atoms with E-state index in [2.05, 4.69) is 100 Å². The molecule has 0 spiro atoms. The number of fused-ring (bicyclic) bond motifs is 4. The van der Waals surface area contributed by atoms with Crippen molar-refractivity contribution in [1.29, 1.82) is 0 Å². The zero-order valence-corrected chi connectivity index (χ0v) is 32.2. The fourth-order valence-corrected chi connectivity index (χ4v) is 7.40. The van der Waals surface area contributed by atoms with Gasteiger partial charge in [-0.3, -0.25) is 0 Å². The second kappa shape index (κ2) is 17.0. The lowest BCUT2D eigenvalue weighted by molar-refractivity contribution is 0.245. The van der Waals surface area contributed by atoms with Crippen molar-refractivity contribution in [3.05, 3.63) is 119 Å². The Labute approximate surface area is 320 Å². The van der Waals surface area contributed by atoms with Crippen LogP contribution in [0.25, 0.3) is 0 Å². The van der Waals surface area contributed by atoms with Crippen molar-refractivity contribution in [2.75, 3.05) is 39.6 Å². The Bertz CT molecular complexity index is 1730. The number of rotatable bonds is 2. The summed E-state index contributed by atoms with van der Waals surface area (Å²) in [5, 5.41) is 0. The highest BCUT2D eigenvalue weighted by molar-refractivity contribution is 6.06. The molecular formula is C46H54N2O6. The van der Waals surface area contributed by atoms with Gasteiger partial charge in [0.25, 0.3) is 0 Å². The highest BCUT2D eigenvalue weighted by Gasteiger charge is 2.46. The van der Waals surface area contributed by atoms with E-state index >= 15 is 0 Å². The molecular weight excluding hydrogens is 677 g/mol. The number of ether oxygens (including phenoxy) is 6. The van der Waals surface area contributed by atoms with Gasteiger partial charge in [-0.1, -0.05) is 76.2 Å². The molecule has 11 rings (SSSR count). The average molecular weight is 731 g/mol. The number of hydrogen-bond acceptors (Lipinski definition) is 8. The van der Waals surface area contributed by atoms with Gasteiger partial charge in [0.15, 0.2) is 11.8 Å². The predicted molar refractivity (Wildman–Crippen MR) is 214 cm³/mol. The molecule has 0 unspecified atom stereocenters. The van der Waals surface area contributed by atoms with E-state index in [1.807, 2.05) is 24.3 Å². The first-order valence-electron chi connectivity index (χ1n) is 19.7. The van der Waals surface area contributed by atoms with Crippen LogP contribution in [-0.2, 0) is 14.9 Å². The highest BCUT2D eigenvalue weighted by atomic mass is 16.5. The van der Waals surface area contributed by atoms with Crippen LogP contribution < -0.4 is 18.9 Å². The van der Waals surface area contributed by atoms with Crippen molar-refractivity contribution in [2.45, 2.75) is 83.7 Å². The molecule has 0 fully saturated rings. The molecule has 0 saturated heterocycles. The van der Waals surface area contributed by atoms with Crippen LogP contribution in [0.3, 0.4) is 0 Å². The van der Waals surface area contributed by atoms with Gasteiger partial charge < -0.3 is 28.4 Å². The lowest BCUT2D eigenvalue weighted by Crippen LogP contribution is -2.39. The smallest absolute Gasteiger partial charge is 0.199 e. The number of aliphatic imine (C=N–C) groups is 2. The van der Waals surface area contributed by atoms with E-state index in [-0.39, 0.29) is 17.5 Å². The third kappa shape index (κ3) is 8.38. The van der Waals surface area contributed by atoms with E-state index < -0.39 is 5.41 Å². The predicted octanol–water partition coefficient (Wildman–Crippen LogP) is 10.2. The van der Waals surface area contributed by atoms with Gasteiger partial charge in [-0.05, 0) is 109 Å². The van der Waals surface area contributed by atoms with Crippen molar-refractivity contribution in [2.24, 2.45) is 15.4 Å². The normalized spacial score (nSPS) is 21.4. The molecule has 2 atom stereocenters. The van der Waals surface area contributed by atoms with Gasteiger partial charge in [-0.15, -0.1) is 0 Å². The summed E-state index contributed by atoms with van der Waals surface area (Å²) in [5.74, 6) is 4.89. The fourth-order valence-electron chi connectivity index (χ4n) is 7.40. The van der Waals surface area contributed by atoms with E-state index in [0.29, 0.717) is 39.6 Å². The van der Waals surface area contributed by atoms with E-state index in [4.69, 9.17) is 38.4 Å². The molecule has 0 aromatic heterocycles. The first kappa shape index (κ1) is 37.3. The molecule has 7 aliphatic rings. The average Bonchev–Trinajstić information content (AvgIpc) is 3.91. The maximum atomic E-state index is 6.32. The highest BCUT2D eigenvalue weighted by Crippen LogP contribution is 2.41. The van der Waals surface area contributed by atoms with Gasteiger partial charge in [-0.25, -0.2) is 9.98 Å². The lowest BCUT2D eigenvalue weighted by atomic mass is 9.78. The van der Waals surface area contributed by atoms with Crippen molar-refractivity contribution < 1.29 is 28.4 Å². The number of benzene rings is 4. The molecule has 7 heterocycles. The molecule has 284 valence electrons. The third-order valence-electron chi connectivity index (χ3n) is 11.2. The van der Waals surface area contributed by atoms with E-state index in [1.165, 1.54) is 11.1 Å². The largest absolute Gasteiger partial charge is 0.494 e. The first-order chi connectivity index (χ1) is 26.4. The van der Waals surface area contributed by atoms with Crippen LogP contribution in [0, 0.1) is 5.41 Å². The van der Waals surface area contributed by atoms with Gasteiger partial charge in [0.05, 0.1) is 26.4 Å². The maximum Gasteiger partial charge on any atom is 0.199 e. The van der Waals surface area contributed by atoms with Crippen LogP contribution in [0.15, 0.2) is 107 Å². The number of nitrogens with zero attached hydrogens (tertiary/aromatic N) is 2. The number of hydrogen-bond donors (Lipinski definition) is 0. The molecule has 0 amide bonds. The van der Waals surface area contributed by atoms with Crippen molar-refractivity contribution in [1.82, 2.24) is 0 Å². The standard InChI is InChI=1S/C46H54N2O6/c1-5-46(6-2)43-47-41(31-53-43)33-11-19-37(20-12-33)49-27-7-9-29-51-39-23-15-35(16-24-39)45(3,4)36-17-25-40(26-18-36)52-30-10-8-28-50-38-21-13-34(14-22-38)42-32-54-44(46)48-42/h11-26,41-42H,5-10,27-32H2,1-4H3/t41-,42-/m0/s1. The van der Waals surface area contributed by atoms with E-state index in [1.54, 1.807) is 0 Å². The Hall–Kier alpha value is -4.98. The molecule has 0 N–H and O–H groups in total. The van der Waals surface area contributed by atoms with E-state index in [9.17, 15) is 0 Å². The van der Waals surface area contributed by atoms with Gasteiger partial charge in [0, 0.05) is 5.41 Å². The van der Waals surface area contributed by atoms with Gasteiger partial charge in [-0.2, -0.15) is 0 Å². The summed E-state index contributed by atoms with van der Waals surface area (Å²) in [5.41, 5.74) is 4.02. The molecule has 12 bridgehead atoms. The molecule has 8 heteroatoms. The SMILES string of the molecule is CCC1(CC)C2=N[C@@H](CO2)c2ccc(cc2)OCCCCOc2ccc(cc2)C(C)(C)c2ccc(cc2)OCCCCOc2ccc(cc2)[C@@H]2COC1=N2. The minimum Gasteiger partial charge on any atom is -0.494 e. The minimum absolute atomic E-state index is 0.0834. The van der Waals surface area contributed by atoms with Crippen molar-refractivity contribution >= 4 is 11.8 Å². The van der Waals surface area contributed by atoms with Crippen LogP contribution in [0.4, 0.5) is 0 Å². The van der Waals surface area contributed by atoms with E-state index in [0.717, 1.165) is 84.4 Å². The Kier molecular flexibility index (Phi) is 11.8. The Balaban J connectivity index is 1.04. The van der Waals surface area contributed by atoms with Crippen LogP contribution in [0.5, 0.6) is 23.0 Å².